The molecule has 140 valence electrons. The van der Waals surface area contributed by atoms with Gasteiger partial charge < -0.3 is 26.8 Å². The van der Waals surface area contributed by atoms with E-state index in [4.69, 9.17) is 11.5 Å². The van der Waals surface area contributed by atoms with Crippen molar-refractivity contribution >= 4 is 39.9 Å². The van der Waals surface area contributed by atoms with Crippen LogP contribution in [0.4, 0.5) is 17.6 Å². The van der Waals surface area contributed by atoms with Gasteiger partial charge in [0.25, 0.3) is 0 Å². The Labute approximate surface area is 158 Å². The summed E-state index contributed by atoms with van der Waals surface area (Å²) in [5.74, 6) is 1.24. The third kappa shape index (κ3) is 3.62. The Bertz CT molecular complexity index is 1200. The number of anilines is 3. The van der Waals surface area contributed by atoms with Crippen LogP contribution in [0.1, 0.15) is 5.56 Å². The van der Waals surface area contributed by atoms with E-state index in [2.05, 4.69) is 57.3 Å². The number of H-pyrrole nitrogens is 2. The standard InChI is InChI=1S/C12H11N5.C5H6N6/c1-2-4-9(5-3-1)6-13-11-10-12(15-7-14-10)17-8-16-11;6-3-2-4(9-1-8-2)11-5(7)10-3/h1-5,7-8H,6H2,(H2,13,14,15,16,17);1H,(H5,6,7,8,9,10,11). The lowest BCUT2D eigenvalue weighted by atomic mass is 10.2. The van der Waals surface area contributed by atoms with Gasteiger partial charge in [0.1, 0.15) is 17.4 Å². The zero-order valence-electron chi connectivity index (χ0n) is 14.7. The predicted molar refractivity (Wildman–Crippen MR) is 106 cm³/mol. The van der Waals surface area contributed by atoms with Gasteiger partial charge in [-0.3, -0.25) is 0 Å². The zero-order chi connectivity index (χ0) is 19.3. The summed E-state index contributed by atoms with van der Waals surface area (Å²) in [5, 5.41) is 3.27. The maximum atomic E-state index is 5.50. The third-order valence-electron chi connectivity index (χ3n) is 3.86. The minimum absolute atomic E-state index is 0.141. The number of aromatic nitrogens is 8. The second kappa shape index (κ2) is 7.53. The van der Waals surface area contributed by atoms with Crippen LogP contribution in [0.3, 0.4) is 0 Å². The summed E-state index contributed by atoms with van der Waals surface area (Å²) in [5.41, 5.74) is 14.7. The molecule has 5 rings (SSSR count). The van der Waals surface area contributed by atoms with Gasteiger partial charge in [-0.05, 0) is 5.56 Å². The molecule has 0 radical (unpaired) electrons. The molecule has 0 saturated heterocycles. The first-order chi connectivity index (χ1) is 13.7. The number of hydrogen-bond donors (Lipinski definition) is 5. The molecule has 0 amide bonds. The smallest absolute Gasteiger partial charge is 0.224 e. The lowest BCUT2D eigenvalue weighted by Crippen LogP contribution is -2.02. The number of aromatic amines is 2. The molecule has 0 atom stereocenters. The van der Waals surface area contributed by atoms with Crippen LogP contribution in [0, 0.1) is 0 Å². The van der Waals surface area contributed by atoms with Crippen molar-refractivity contribution in [1.82, 2.24) is 39.9 Å². The summed E-state index contributed by atoms with van der Waals surface area (Å²) < 4.78 is 0. The Morgan fingerprint density at radius 1 is 0.821 bits per heavy atom. The number of rotatable bonds is 3. The fourth-order valence-electron chi connectivity index (χ4n) is 2.55. The van der Waals surface area contributed by atoms with Crippen LogP contribution < -0.4 is 16.8 Å². The number of nitrogens with zero attached hydrogens (tertiary/aromatic N) is 6. The number of nitrogens with one attached hydrogen (secondary N) is 3. The Morgan fingerprint density at radius 2 is 1.57 bits per heavy atom. The van der Waals surface area contributed by atoms with Crippen molar-refractivity contribution in [2.45, 2.75) is 6.54 Å². The molecule has 1 aromatic carbocycles. The Balaban J connectivity index is 0.000000151. The fourth-order valence-corrected chi connectivity index (χ4v) is 2.55. The SMILES string of the molecule is Nc1nc(N)c2[nH]cnc2n1.c1ccc(CNc2ncnc3nc[nH]c23)cc1. The summed E-state index contributed by atoms with van der Waals surface area (Å²) in [6, 6.07) is 10.2. The number of imidazole rings is 2. The molecule has 0 aliphatic rings. The van der Waals surface area contributed by atoms with Crippen molar-refractivity contribution in [2.75, 3.05) is 16.8 Å². The minimum atomic E-state index is 0.141. The van der Waals surface area contributed by atoms with Crippen LogP contribution in [0.5, 0.6) is 0 Å². The van der Waals surface area contributed by atoms with E-state index in [-0.39, 0.29) is 5.95 Å². The molecule has 28 heavy (non-hydrogen) atoms. The summed E-state index contributed by atoms with van der Waals surface area (Å²) in [6.07, 6.45) is 4.62. The van der Waals surface area contributed by atoms with Gasteiger partial charge in [0.15, 0.2) is 22.9 Å². The molecular weight excluding hydrogens is 358 g/mol. The fraction of sp³-hybridized carbons (Fsp3) is 0.0588. The lowest BCUT2D eigenvalue weighted by molar-refractivity contribution is 1.10. The second-order valence-electron chi connectivity index (χ2n) is 5.73. The lowest BCUT2D eigenvalue weighted by Gasteiger charge is -2.05. The van der Waals surface area contributed by atoms with Crippen molar-refractivity contribution in [1.29, 1.82) is 0 Å². The maximum Gasteiger partial charge on any atom is 0.224 e. The topological polar surface area (TPSA) is 173 Å². The highest BCUT2D eigenvalue weighted by molar-refractivity contribution is 5.82. The number of nitrogens with two attached hydrogens (primary N) is 2. The largest absolute Gasteiger partial charge is 0.382 e. The average molecular weight is 375 g/mol. The summed E-state index contributed by atoms with van der Waals surface area (Å²) in [4.78, 5) is 29.6. The van der Waals surface area contributed by atoms with Crippen molar-refractivity contribution in [3.63, 3.8) is 0 Å². The monoisotopic (exact) mass is 375 g/mol. The highest BCUT2D eigenvalue weighted by Gasteiger charge is 2.05. The second-order valence-corrected chi connectivity index (χ2v) is 5.73. The van der Waals surface area contributed by atoms with Gasteiger partial charge in [-0.25, -0.2) is 19.9 Å². The highest BCUT2D eigenvalue weighted by Crippen LogP contribution is 2.15. The van der Waals surface area contributed by atoms with Gasteiger partial charge in [-0.2, -0.15) is 9.97 Å². The molecule has 4 aromatic heterocycles. The first kappa shape index (κ1) is 17.1. The number of fused-ring (bicyclic) bond motifs is 2. The normalized spacial score (nSPS) is 10.6. The molecule has 0 saturated carbocycles. The third-order valence-corrected chi connectivity index (χ3v) is 3.86. The first-order valence-electron chi connectivity index (χ1n) is 8.34. The number of hydrogen-bond acceptors (Lipinski definition) is 9. The molecule has 0 bridgehead atoms. The van der Waals surface area contributed by atoms with Crippen LogP contribution in [0.2, 0.25) is 0 Å². The van der Waals surface area contributed by atoms with Crippen molar-refractivity contribution in [3.8, 4) is 0 Å². The average Bonchev–Trinajstić information content (AvgIpc) is 3.37. The number of benzene rings is 1. The summed E-state index contributed by atoms with van der Waals surface area (Å²) >= 11 is 0. The molecule has 0 fully saturated rings. The van der Waals surface area contributed by atoms with E-state index >= 15 is 0 Å². The van der Waals surface area contributed by atoms with E-state index in [0.29, 0.717) is 22.6 Å². The zero-order valence-corrected chi connectivity index (χ0v) is 14.7. The van der Waals surface area contributed by atoms with Crippen molar-refractivity contribution < 1.29 is 0 Å². The van der Waals surface area contributed by atoms with E-state index in [1.54, 1.807) is 6.33 Å². The van der Waals surface area contributed by atoms with Gasteiger partial charge in [-0.1, -0.05) is 30.3 Å². The van der Waals surface area contributed by atoms with Crippen LogP contribution in [0.25, 0.3) is 22.3 Å². The summed E-state index contributed by atoms with van der Waals surface area (Å²) in [7, 11) is 0. The van der Waals surface area contributed by atoms with Crippen molar-refractivity contribution in [3.05, 3.63) is 54.9 Å². The summed E-state index contributed by atoms with van der Waals surface area (Å²) in [6.45, 7) is 0.728. The highest BCUT2D eigenvalue weighted by atomic mass is 15.1. The number of nitrogen functional groups attached to an aromatic ring is 2. The van der Waals surface area contributed by atoms with Gasteiger partial charge in [0.2, 0.25) is 5.95 Å². The van der Waals surface area contributed by atoms with Gasteiger partial charge in [-0.15, -0.1) is 0 Å². The van der Waals surface area contributed by atoms with E-state index < -0.39 is 0 Å². The Kier molecular flexibility index (Phi) is 4.61. The van der Waals surface area contributed by atoms with Crippen molar-refractivity contribution in [2.24, 2.45) is 0 Å². The van der Waals surface area contributed by atoms with Gasteiger partial charge >= 0.3 is 0 Å². The molecular formula is C17H17N11. The van der Waals surface area contributed by atoms with E-state index in [0.717, 1.165) is 17.9 Å². The Morgan fingerprint density at radius 3 is 2.39 bits per heavy atom. The van der Waals surface area contributed by atoms with Crippen LogP contribution in [0.15, 0.2) is 49.3 Å². The van der Waals surface area contributed by atoms with Gasteiger partial charge in [0, 0.05) is 6.54 Å². The molecule has 0 aliphatic carbocycles. The molecule has 11 nitrogen and oxygen atoms in total. The Hall–Kier alpha value is -4.28. The first-order valence-corrected chi connectivity index (χ1v) is 8.34. The molecule has 7 N–H and O–H groups in total. The van der Waals surface area contributed by atoms with E-state index in [9.17, 15) is 0 Å². The molecule has 0 aliphatic heterocycles. The molecule has 11 heteroatoms. The molecule has 0 spiro atoms. The predicted octanol–water partition coefficient (Wildman–Crippen LogP) is 1.48. The quantitative estimate of drug-likeness (QED) is 0.313. The maximum absolute atomic E-state index is 5.50. The minimum Gasteiger partial charge on any atom is -0.382 e. The van der Waals surface area contributed by atoms with E-state index in [1.807, 2.05) is 18.2 Å². The van der Waals surface area contributed by atoms with Crippen LogP contribution in [-0.2, 0) is 6.54 Å². The molecule has 4 heterocycles. The molecule has 5 aromatic rings. The van der Waals surface area contributed by atoms with Gasteiger partial charge in [0.05, 0.1) is 12.7 Å². The van der Waals surface area contributed by atoms with Crippen LogP contribution in [-0.4, -0.2) is 39.9 Å². The van der Waals surface area contributed by atoms with Crippen LogP contribution >= 0.6 is 0 Å². The van der Waals surface area contributed by atoms with E-state index in [1.165, 1.54) is 18.2 Å². The molecule has 0 unspecified atom stereocenters.